The number of rotatable bonds is 7. The third-order valence-electron chi connectivity index (χ3n) is 2.33. The first-order chi connectivity index (χ1) is 8.40. The topological polar surface area (TPSA) is 95.9 Å². The third-order valence-corrected chi connectivity index (χ3v) is 2.33. The molecule has 0 aliphatic rings. The van der Waals surface area contributed by atoms with Gasteiger partial charge in [0.25, 0.3) is 0 Å². The normalized spacial score (nSPS) is 11.5. The van der Waals surface area contributed by atoms with Gasteiger partial charge in [-0.25, -0.2) is 4.79 Å². The predicted molar refractivity (Wildman–Crippen MR) is 64.1 cm³/mol. The maximum atomic E-state index is 11.7. The zero-order valence-corrected chi connectivity index (χ0v) is 10.9. The standard InChI is InChI=1S/C11H20N2O5/c1-4-5-8(6-9(14)15)12-11(17)13(2)7-10(16)18-3/h8H,4-7H2,1-3H3,(H,12,17)(H,14,15). The molecule has 0 radical (unpaired) electrons. The van der Waals surface area contributed by atoms with Crippen LogP contribution in [0.3, 0.4) is 0 Å². The first kappa shape index (κ1) is 16.2. The number of ether oxygens (including phenoxy) is 1. The van der Waals surface area contributed by atoms with Crippen LogP contribution in [0.2, 0.25) is 0 Å². The van der Waals surface area contributed by atoms with Crippen molar-refractivity contribution in [2.45, 2.75) is 32.2 Å². The number of aliphatic carboxylic acids is 1. The Hall–Kier alpha value is -1.79. The molecule has 2 amide bonds. The summed E-state index contributed by atoms with van der Waals surface area (Å²) in [4.78, 5) is 34.4. The first-order valence-electron chi connectivity index (χ1n) is 5.70. The zero-order valence-electron chi connectivity index (χ0n) is 10.9. The zero-order chi connectivity index (χ0) is 14.1. The van der Waals surface area contributed by atoms with Crippen LogP contribution in [-0.4, -0.2) is 54.7 Å². The van der Waals surface area contributed by atoms with Crippen LogP contribution >= 0.6 is 0 Å². The summed E-state index contributed by atoms with van der Waals surface area (Å²) in [5.41, 5.74) is 0. The minimum absolute atomic E-state index is 0.133. The summed E-state index contributed by atoms with van der Waals surface area (Å²) in [7, 11) is 2.68. The van der Waals surface area contributed by atoms with Gasteiger partial charge >= 0.3 is 18.0 Å². The number of urea groups is 1. The van der Waals surface area contributed by atoms with Crippen LogP contribution in [0.25, 0.3) is 0 Å². The van der Waals surface area contributed by atoms with E-state index in [9.17, 15) is 14.4 Å². The average Bonchev–Trinajstić information content (AvgIpc) is 2.28. The second-order valence-corrected chi connectivity index (χ2v) is 3.97. The van der Waals surface area contributed by atoms with Crippen molar-refractivity contribution < 1.29 is 24.2 Å². The fourth-order valence-electron chi connectivity index (χ4n) is 1.40. The molecule has 0 fully saturated rings. The Kier molecular flexibility index (Phi) is 7.50. The first-order valence-corrected chi connectivity index (χ1v) is 5.70. The smallest absolute Gasteiger partial charge is 0.325 e. The Balaban J connectivity index is 4.30. The second-order valence-electron chi connectivity index (χ2n) is 3.97. The van der Waals surface area contributed by atoms with E-state index in [0.717, 1.165) is 11.3 Å². The van der Waals surface area contributed by atoms with E-state index in [2.05, 4.69) is 10.1 Å². The van der Waals surface area contributed by atoms with E-state index in [4.69, 9.17) is 5.11 Å². The number of carbonyl (C=O) groups excluding carboxylic acids is 2. The number of esters is 1. The molecule has 0 saturated carbocycles. The van der Waals surface area contributed by atoms with Crippen LogP contribution in [0.15, 0.2) is 0 Å². The Morgan fingerprint density at radius 1 is 1.39 bits per heavy atom. The van der Waals surface area contributed by atoms with Gasteiger partial charge in [0.15, 0.2) is 0 Å². The molecule has 104 valence electrons. The molecule has 0 heterocycles. The number of hydrogen-bond donors (Lipinski definition) is 2. The summed E-state index contributed by atoms with van der Waals surface area (Å²) in [5.74, 6) is -1.50. The highest BCUT2D eigenvalue weighted by Gasteiger charge is 2.19. The maximum absolute atomic E-state index is 11.7. The molecular weight excluding hydrogens is 240 g/mol. The minimum atomic E-state index is -0.968. The van der Waals surface area contributed by atoms with Crippen LogP contribution in [0.4, 0.5) is 4.79 Å². The lowest BCUT2D eigenvalue weighted by Gasteiger charge is -2.21. The summed E-state index contributed by atoms with van der Waals surface area (Å²) < 4.78 is 4.43. The number of hydrogen-bond acceptors (Lipinski definition) is 4. The minimum Gasteiger partial charge on any atom is -0.481 e. The Bertz CT molecular complexity index is 306. The van der Waals surface area contributed by atoms with Gasteiger partial charge in [0.1, 0.15) is 6.54 Å². The molecule has 18 heavy (non-hydrogen) atoms. The highest BCUT2D eigenvalue weighted by molar-refractivity contribution is 5.81. The van der Waals surface area contributed by atoms with E-state index in [1.165, 1.54) is 14.2 Å². The number of nitrogens with zero attached hydrogens (tertiary/aromatic N) is 1. The van der Waals surface area contributed by atoms with Crippen molar-refractivity contribution in [1.29, 1.82) is 0 Å². The van der Waals surface area contributed by atoms with Gasteiger partial charge in [-0.05, 0) is 6.42 Å². The van der Waals surface area contributed by atoms with Crippen molar-refractivity contribution in [3.8, 4) is 0 Å². The molecule has 0 bridgehead atoms. The lowest BCUT2D eigenvalue weighted by molar-refractivity contribution is -0.141. The van der Waals surface area contributed by atoms with Gasteiger partial charge in [-0.1, -0.05) is 13.3 Å². The Labute approximate surface area is 106 Å². The van der Waals surface area contributed by atoms with Crippen molar-refractivity contribution in [2.75, 3.05) is 20.7 Å². The van der Waals surface area contributed by atoms with E-state index in [-0.39, 0.29) is 13.0 Å². The largest absolute Gasteiger partial charge is 0.481 e. The highest BCUT2D eigenvalue weighted by Crippen LogP contribution is 2.02. The van der Waals surface area contributed by atoms with E-state index >= 15 is 0 Å². The van der Waals surface area contributed by atoms with Crippen molar-refractivity contribution in [3.05, 3.63) is 0 Å². The molecule has 0 aliphatic carbocycles. The number of likely N-dealkylation sites (N-methyl/N-ethyl adjacent to an activating group) is 1. The van der Waals surface area contributed by atoms with Gasteiger partial charge in [-0.2, -0.15) is 0 Å². The van der Waals surface area contributed by atoms with E-state index < -0.39 is 24.0 Å². The second kappa shape index (κ2) is 8.32. The molecule has 2 N–H and O–H groups in total. The molecule has 0 aromatic heterocycles. The van der Waals surface area contributed by atoms with Crippen LogP contribution < -0.4 is 5.32 Å². The molecule has 0 aromatic carbocycles. The van der Waals surface area contributed by atoms with Gasteiger partial charge in [-0.15, -0.1) is 0 Å². The van der Waals surface area contributed by atoms with Crippen molar-refractivity contribution >= 4 is 18.0 Å². The van der Waals surface area contributed by atoms with Crippen molar-refractivity contribution in [3.63, 3.8) is 0 Å². The summed E-state index contributed by atoms with van der Waals surface area (Å²) in [6, 6.07) is -0.916. The van der Waals surface area contributed by atoms with Crippen LogP contribution in [0, 0.1) is 0 Å². The van der Waals surface area contributed by atoms with Gasteiger partial charge in [0.05, 0.1) is 13.5 Å². The summed E-state index contributed by atoms with van der Waals surface area (Å²) in [6.07, 6.45) is 1.20. The molecular formula is C11H20N2O5. The predicted octanol–water partition coefficient (Wildman–Crippen LogP) is 0.444. The fraction of sp³-hybridized carbons (Fsp3) is 0.727. The van der Waals surface area contributed by atoms with Crippen molar-refractivity contribution in [1.82, 2.24) is 10.2 Å². The molecule has 0 saturated heterocycles. The van der Waals surface area contributed by atoms with Crippen LogP contribution in [0.5, 0.6) is 0 Å². The van der Waals surface area contributed by atoms with Gasteiger partial charge in [0, 0.05) is 13.1 Å². The average molecular weight is 260 g/mol. The molecule has 0 spiro atoms. The van der Waals surface area contributed by atoms with E-state index in [1.807, 2.05) is 6.92 Å². The number of methoxy groups -OCH3 is 1. The molecule has 7 nitrogen and oxygen atoms in total. The SMILES string of the molecule is CCCC(CC(=O)O)NC(=O)N(C)CC(=O)OC. The summed E-state index contributed by atoms with van der Waals surface area (Å²) >= 11 is 0. The summed E-state index contributed by atoms with van der Waals surface area (Å²) in [5, 5.41) is 11.3. The number of amides is 2. The molecule has 0 rings (SSSR count). The Morgan fingerprint density at radius 3 is 2.44 bits per heavy atom. The van der Waals surface area contributed by atoms with Gasteiger partial charge in [0.2, 0.25) is 0 Å². The third kappa shape index (κ3) is 6.72. The van der Waals surface area contributed by atoms with E-state index in [1.54, 1.807) is 0 Å². The molecule has 1 unspecified atom stereocenters. The maximum Gasteiger partial charge on any atom is 0.325 e. The number of carboxylic acid groups (broad SMARTS) is 1. The molecule has 1 atom stereocenters. The lowest BCUT2D eigenvalue weighted by Crippen LogP contribution is -2.45. The molecule has 0 aliphatic heterocycles. The summed E-state index contributed by atoms with van der Waals surface area (Å²) in [6.45, 7) is 1.73. The number of carboxylic acids is 1. The number of carbonyl (C=O) groups is 3. The van der Waals surface area contributed by atoms with Crippen LogP contribution in [0.1, 0.15) is 26.2 Å². The quantitative estimate of drug-likeness (QED) is 0.648. The highest BCUT2D eigenvalue weighted by atomic mass is 16.5. The number of nitrogens with one attached hydrogen (secondary N) is 1. The van der Waals surface area contributed by atoms with Crippen LogP contribution in [-0.2, 0) is 14.3 Å². The Morgan fingerprint density at radius 2 is 2.00 bits per heavy atom. The fourth-order valence-corrected chi connectivity index (χ4v) is 1.40. The monoisotopic (exact) mass is 260 g/mol. The van der Waals surface area contributed by atoms with Gasteiger partial charge < -0.3 is 20.1 Å². The lowest BCUT2D eigenvalue weighted by atomic mass is 10.1. The van der Waals surface area contributed by atoms with E-state index in [0.29, 0.717) is 6.42 Å². The molecule has 0 aromatic rings. The van der Waals surface area contributed by atoms with Gasteiger partial charge in [-0.3, -0.25) is 9.59 Å². The van der Waals surface area contributed by atoms with Crippen molar-refractivity contribution in [2.24, 2.45) is 0 Å². The molecule has 7 heteroatoms.